The fourth-order valence-corrected chi connectivity index (χ4v) is 5.29. The van der Waals surface area contributed by atoms with E-state index >= 15 is 0 Å². The number of nitrogens with one attached hydrogen (secondary N) is 1. The molecule has 0 aromatic heterocycles. The number of halogens is 3. The van der Waals surface area contributed by atoms with Gasteiger partial charge in [0.05, 0.1) is 37.1 Å². The molecule has 10 nitrogen and oxygen atoms in total. The van der Waals surface area contributed by atoms with E-state index < -0.39 is 29.1 Å². The quantitative estimate of drug-likeness (QED) is 0.290. The number of unbranched alkanes of at least 4 members (excludes halogenated alkanes) is 2. The molecule has 2 aliphatic rings. The first-order valence-corrected chi connectivity index (χ1v) is 14.2. The molecule has 1 N–H and O–H groups in total. The summed E-state index contributed by atoms with van der Waals surface area (Å²) in [5.41, 5.74) is -0.896. The SMILES string of the molecule is COc1cc(NC(=O)N2CCN(CCCCCC3=C(C)C(=O)N(c4ccc(C#N)c(C(F)(F)F)c4)C3=O)CC2)cc(OC)c1. The van der Waals surface area contributed by atoms with E-state index in [-0.39, 0.29) is 17.3 Å². The molecule has 234 valence electrons. The number of rotatable bonds is 10. The van der Waals surface area contributed by atoms with Gasteiger partial charge in [-0.2, -0.15) is 18.4 Å². The van der Waals surface area contributed by atoms with Gasteiger partial charge in [-0.05, 0) is 50.9 Å². The van der Waals surface area contributed by atoms with E-state index in [1.54, 1.807) is 37.3 Å². The molecule has 2 aromatic rings. The van der Waals surface area contributed by atoms with Crippen LogP contribution in [0.5, 0.6) is 11.5 Å². The van der Waals surface area contributed by atoms with Crippen LogP contribution in [0.4, 0.5) is 29.3 Å². The van der Waals surface area contributed by atoms with Crippen LogP contribution < -0.4 is 19.7 Å². The van der Waals surface area contributed by atoms with Gasteiger partial charge in [-0.25, -0.2) is 9.69 Å². The Bertz CT molecular complexity index is 1470. The lowest BCUT2D eigenvalue weighted by Gasteiger charge is -2.34. The predicted molar refractivity (Wildman–Crippen MR) is 156 cm³/mol. The topological polar surface area (TPSA) is 115 Å². The maximum Gasteiger partial charge on any atom is 0.417 e. The molecule has 13 heteroatoms. The molecule has 0 unspecified atom stereocenters. The lowest BCUT2D eigenvalue weighted by molar-refractivity contribution is -0.138. The third-order valence-corrected chi connectivity index (χ3v) is 7.79. The van der Waals surface area contributed by atoms with Crippen LogP contribution in [0, 0.1) is 11.3 Å². The highest BCUT2D eigenvalue weighted by Crippen LogP contribution is 2.37. The fraction of sp³-hybridized carbons (Fsp3) is 0.419. The molecule has 2 aliphatic heterocycles. The summed E-state index contributed by atoms with van der Waals surface area (Å²) in [5, 5.41) is 11.9. The number of carbonyl (C=O) groups excluding carboxylic acids is 3. The number of piperazine rings is 1. The number of hydrogen-bond acceptors (Lipinski definition) is 7. The lowest BCUT2D eigenvalue weighted by atomic mass is 10.0. The van der Waals surface area contributed by atoms with Crippen LogP contribution in [-0.2, 0) is 15.8 Å². The Kier molecular flexibility index (Phi) is 10.2. The zero-order valence-electron chi connectivity index (χ0n) is 24.8. The number of hydrogen-bond donors (Lipinski definition) is 1. The molecule has 44 heavy (non-hydrogen) atoms. The summed E-state index contributed by atoms with van der Waals surface area (Å²) in [6.45, 7) is 4.88. The second-order valence-electron chi connectivity index (χ2n) is 10.6. The molecule has 0 bridgehead atoms. The van der Waals surface area contributed by atoms with Crippen LogP contribution in [0.25, 0.3) is 0 Å². The number of alkyl halides is 3. The average molecular weight is 614 g/mol. The van der Waals surface area contributed by atoms with Crippen LogP contribution in [0.1, 0.15) is 43.7 Å². The number of ether oxygens (including phenoxy) is 2. The van der Waals surface area contributed by atoms with Gasteiger partial charge in [0.2, 0.25) is 0 Å². The van der Waals surface area contributed by atoms with Gasteiger partial charge in [0.15, 0.2) is 0 Å². The van der Waals surface area contributed by atoms with Crippen molar-refractivity contribution >= 4 is 29.2 Å². The summed E-state index contributed by atoms with van der Waals surface area (Å²) in [4.78, 5) is 43.4. The van der Waals surface area contributed by atoms with Gasteiger partial charge >= 0.3 is 12.2 Å². The number of anilines is 2. The highest BCUT2D eigenvalue weighted by Gasteiger charge is 2.39. The molecule has 0 spiro atoms. The van der Waals surface area contributed by atoms with E-state index in [0.29, 0.717) is 67.8 Å². The maximum absolute atomic E-state index is 13.4. The highest BCUT2D eigenvalue weighted by atomic mass is 19.4. The Balaban J connectivity index is 1.22. The fourth-order valence-electron chi connectivity index (χ4n) is 5.29. The highest BCUT2D eigenvalue weighted by molar-refractivity contribution is 6.32. The van der Waals surface area contributed by atoms with Gasteiger partial charge in [-0.3, -0.25) is 14.5 Å². The van der Waals surface area contributed by atoms with Gasteiger partial charge in [0.1, 0.15) is 11.5 Å². The molecule has 1 saturated heterocycles. The number of benzene rings is 2. The Hall–Kier alpha value is -4.57. The molecule has 1 fully saturated rings. The number of urea groups is 1. The summed E-state index contributed by atoms with van der Waals surface area (Å²) in [7, 11) is 3.08. The van der Waals surface area contributed by atoms with Crippen molar-refractivity contribution in [3.05, 3.63) is 58.7 Å². The minimum absolute atomic E-state index is 0.205. The first kappa shape index (κ1) is 32.3. The standard InChI is InChI=1S/C31H34F3N5O5/c1-20-26(29(41)39(28(20)40)23-9-8-21(19-35)27(17-23)31(32,33)34)7-5-4-6-10-37-11-13-38(14-12-37)30(42)36-22-15-24(43-2)18-25(16-22)44-3/h8-9,15-18H,4-7,10-14H2,1-3H3,(H,36,42). The van der Waals surface area contributed by atoms with Crippen LogP contribution in [-0.4, -0.2) is 74.6 Å². The lowest BCUT2D eigenvalue weighted by Crippen LogP contribution is -2.50. The van der Waals surface area contributed by atoms with E-state index in [0.717, 1.165) is 30.4 Å². The van der Waals surface area contributed by atoms with Crippen molar-refractivity contribution in [1.29, 1.82) is 5.26 Å². The number of methoxy groups -OCH3 is 2. The van der Waals surface area contributed by atoms with Crippen molar-refractivity contribution in [2.24, 2.45) is 0 Å². The van der Waals surface area contributed by atoms with E-state index in [4.69, 9.17) is 14.7 Å². The first-order valence-electron chi connectivity index (χ1n) is 14.2. The Labute approximate surface area is 253 Å². The zero-order valence-corrected chi connectivity index (χ0v) is 24.8. The molecule has 0 radical (unpaired) electrons. The summed E-state index contributed by atoms with van der Waals surface area (Å²) >= 11 is 0. The molecule has 2 heterocycles. The third kappa shape index (κ3) is 7.31. The Morgan fingerprint density at radius 1 is 0.955 bits per heavy atom. The molecule has 2 aromatic carbocycles. The number of carbonyl (C=O) groups is 3. The van der Waals surface area contributed by atoms with Crippen molar-refractivity contribution < 1.29 is 37.0 Å². The summed E-state index contributed by atoms with van der Waals surface area (Å²) in [6, 6.07) is 9.27. The molecule has 4 rings (SSSR count). The molecular formula is C31H34F3N5O5. The van der Waals surface area contributed by atoms with Gasteiger partial charge in [0.25, 0.3) is 11.8 Å². The van der Waals surface area contributed by atoms with Crippen LogP contribution >= 0.6 is 0 Å². The minimum atomic E-state index is -4.80. The summed E-state index contributed by atoms with van der Waals surface area (Å²) in [6.07, 6.45) is -2.21. The van der Waals surface area contributed by atoms with Crippen molar-refractivity contribution in [1.82, 2.24) is 9.80 Å². The van der Waals surface area contributed by atoms with Crippen molar-refractivity contribution in [2.45, 2.75) is 38.8 Å². The number of amides is 4. The predicted octanol–water partition coefficient (Wildman–Crippen LogP) is 5.19. The van der Waals surface area contributed by atoms with E-state index in [9.17, 15) is 27.6 Å². The number of nitriles is 1. The second kappa shape index (κ2) is 13.8. The van der Waals surface area contributed by atoms with E-state index in [1.165, 1.54) is 19.1 Å². The average Bonchev–Trinajstić information content (AvgIpc) is 3.22. The number of imide groups is 1. The third-order valence-electron chi connectivity index (χ3n) is 7.79. The molecule has 4 amide bonds. The van der Waals surface area contributed by atoms with Crippen LogP contribution in [0.15, 0.2) is 47.5 Å². The smallest absolute Gasteiger partial charge is 0.417 e. The van der Waals surface area contributed by atoms with Crippen molar-refractivity contribution in [3.8, 4) is 17.6 Å². The van der Waals surface area contributed by atoms with E-state index in [2.05, 4.69) is 10.2 Å². The molecule has 0 saturated carbocycles. The zero-order chi connectivity index (χ0) is 32.0. The second-order valence-corrected chi connectivity index (χ2v) is 10.6. The van der Waals surface area contributed by atoms with Crippen LogP contribution in [0.2, 0.25) is 0 Å². The maximum atomic E-state index is 13.4. The molecule has 0 aliphatic carbocycles. The molecule has 0 atom stereocenters. The Morgan fingerprint density at radius 2 is 1.61 bits per heavy atom. The largest absolute Gasteiger partial charge is 0.497 e. The first-order chi connectivity index (χ1) is 21.0. The summed E-state index contributed by atoms with van der Waals surface area (Å²) in [5.74, 6) is -0.145. The van der Waals surface area contributed by atoms with Gasteiger partial charge in [0, 0.05) is 61.2 Å². The van der Waals surface area contributed by atoms with E-state index in [1.807, 2.05) is 0 Å². The number of nitrogens with zero attached hydrogens (tertiary/aromatic N) is 4. The van der Waals surface area contributed by atoms with Crippen molar-refractivity contribution in [3.63, 3.8) is 0 Å². The van der Waals surface area contributed by atoms with Gasteiger partial charge < -0.3 is 19.7 Å². The van der Waals surface area contributed by atoms with Gasteiger partial charge in [-0.1, -0.05) is 6.42 Å². The Morgan fingerprint density at radius 3 is 2.20 bits per heavy atom. The minimum Gasteiger partial charge on any atom is -0.497 e. The van der Waals surface area contributed by atoms with Gasteiger partial charge in [-0.15, -0.1) is 0 Å². The normalized spacial score (nSPS) is 15.9. The molecular weight excluding hydrogens is 579 g/mol. The monoisotopic (exact) mass is 613 g/mol. The summed E-state index contributed by atoms with van der Waals surface area (Å²) < 4.78 is 50.8. The van der Waals surface area contributed by atoms with Crippen molar-refractivity contribution in [2.75, 3.05) is 57.2 Å². The van der Waals surface area contributed by atoms with Crippen LogP contribution in [0.3, 0.4) is 0 Å².